The average Bonchev–Trinajstić information content (AvgIpc) is 2.90. The monoisotopic (exact) mass is 366 g/mol. The van der Waals surface area contributed by atoms with Crippen LogP contribution >= 0.6 is 0 Å². The molecule has 2 aromatic rings. The summed E-state index contributed by atoms with van der Waals surface area (Å²) in [5, 5.41) is 0. The second-order valence-electron chi connectivity index (χ2n) is 7.59. The van der Waals surface area contributed by atoms with Crippen LogP contribution in [0, 0.1) is 6.92 Å². The molecule has 0 aliphatic carbocycles. The predicted octanol–water partition coefficient (Wildman–Crippen LogP) is 2.73. The topological polar surface area (TPSA) is 39.7 Å². The Kier molecular flexibility index (Phi) is 6.58. The Morgan fingerprint density at radius 1 is 1.11 bits per heavy atom. The number of carbonyl (C=O) groups excluding carboxylic acids is 1. The molecule has 0 bridgehead atoms. The summed E-state index contributed by atoms with van der Waals surface area (Å²) in [5.74, 6) is 0.201. The lowest BCUT2D eigenvalue weighted by Gasteiger charge is -2.30. The number of nitrogens with zero attached hydrogens (tertiary/aromatic N) is 4. The zero-order valence-corrected chi connectivity index (χ0v) is 16.6. The van der Waals surface area contributed by atoms with Gasteiger partial charge in [0.05, 0.1) is 0 Å². The Hall–Kier alpha value is -2.24. The molecule has 0 saturated carbocycles. The van der Waals surface area contributed by atoms with Gasteiger partial charge < -0.3 is 4.90 Å². The van der Waals surface area contributed by atoms with E-state index in [1.165, 1.54) is 11.1 Å². The molecule has 144 valence electrons. The van der Waals surface area contributed by atoms with Gasteiger partial charge in [0, 0.05) is 45.1 Å². The van der Waals surface area contributed by atoms with E-state index in [1.54, 1.807) is 6.20 Å². The number of rotatable bonds is 5. The number of aryl methyl sites for hydroxylation is 1. The highest BCUT2D eigenvalue weighted by Gasteiger charge is 2.29. The highest BCUT2D eigenvalue weighted by Crippen LogP contribution is 2.22. The van der Waals surface area contributed by atoms with Gasteiger partial charge in [0.2, 0.25) is 5.91 Å². The molecule has 0 spiro atoms. The molecule has 1 fully saturated rings. The van der Waals surface area contributed by atoms with E-state index in [4.69, 9.17) is 0 Å². The van der Waals surface area contributed by atoms with Gasteiger partial charge in [-0.05, 0) is 44.6 Å². The fourth-order valence-electron chi connectivity index (χ4n) is 3.68. The van der Waals surface area contributed by atoms with Crippen molar-refractivity contribution in [1.29, 1.82) is 0 Å². The maximum absolute atomic E-state index is 13.3. The second-order valence-corrected chi connectivity index (χ2v) is 7.59. The van der Waals surface area contributed by atoms with Crippen molar-refractivity contribution in [3.63, 3.8) is 0 Å². The summed E-state index contributed by atoms with van der Waals surface area (Å²) in [6.45, 7) is 6.46. The van der Waals surface area contributed by atoms with Crippen LogP contribution in [0.25, 0.3) is 0 Å². The van der Waals surface area contributed by atoms with Crippen LogP contribution in [-0.2, 0) is 11.3 Å². The smallest absolute Gasteiger partial charge is 0.244 e. The van der Waals surface area contributed by atoms with Crippen LogP contribution in [0.3, 0.4) is 0 Å². The molecule has 0 radical (unpaired) electrons. The van der Waals surface area contributed by atoms with Crippen molar-refractivity contribution >= 4 is 5.91 Å². The first-order valence-corrected chi connectivity index (χ1v) is 9.67. The van der Waals surface area contributed by atoms with Crippen LogP contribution < -0.4 is 0 Å². The molecule has 1 atom stereocenters. The van der Waals surface area contributed by atoms with E-state index in [9.17, 15) is 4.79 Å². The number of hydrogen-bond acceptors (Lipinski definition) is 4. The minimum absolute atomic E-state index is 0.201. The largest absolute Gasteiger partial charge is 0.340 e. The quantitative estimate of drug-likeness (QED) is 0.816. The van der Waals surface area contributed by atoms with Crippen LogP contribution in [0.2, 0.25) is 0 Å². The van der Waals surface area contributed by atoms with Crippen LogP contribution in [-0.4, -0.2) is 65.9 Å². The summed E-state index contributed by atoms with van der Waals surface area (Å²) in [6, 6.07) is 12.2. The molecule has 1 aromatic heterocycles. The zero-order valence-electron chi connectivity index (χ0n) is 16.6. The summed E-state index contributed by atoms with van der Waals surface area (Å²) in [5.41, 5.74) is 3.50. The number of carbonyl (C=O) groups is 1. The van der Waals surface area contributed by atoms with Crippen molar-refractivity contribution in [2.75, 3.05) is 40.3 Å². The highest BCUT2D eigenvalue weighted by molar-refractivity contribution is 5.83. The SMILES string of the molecule is Cc1ccc(C(C(=O)N2CCCN(Cc3cccnc3)CC2)N(C)C)cc1. The standard InChI is InChI=1S/C22H30N4O/c1-18-7-9-20(10-8-18)21(24(2)3)22(27)26-13-5-12-25(14-15-26)17-19-6-4-11-23-16-19/h4,6-11,16,21H,5,12-15,17H2,1-3H3. The van der Waals surface area contributed by atoms with Gasteiger partial charge in [-0.1, -0.05) is 35.9 Å². The Morgan fingerprint density at radius 2 is 1.89 bits per heavy atom. The maximum Gasteiger partial charge on any atom is 0.244 e. The van der Waals surface area contributed by atoms with E-state index in [1.807, 2.05) is 36.2 Å². The molecule has 1 saturated heterocycles. The number of benzene rings is 1. The van der Waals surface area contributed by atoms with Crippen molar-refractivity contribution in [1.82, 2.24) is 19.7 Å². The number of likely N-dealkylation sites (N-methyl/N-ethyl adjacent to an activating group) is 1. The van der Waals surface area contributed by atoms with Crippen molar-refractivity contribution in [2.24, 2.45) is 0 Å². The van der Waals surface area contributed by atoms with Gasteiger partial charge in [0.15, 0.2) is 0 Å². The molecule has 1 aliphatic rings. The fourth-order valence-corrected chi connectivity index (χ4v) is 3.68. The molecule has 5 nitrogen and oxygen atoms in total. The first-order valence-electron chi connectivity index (χ1n) is 9.67. The Morgan fingerprint density at radius 3 is 2.56 bits per heavy atom. The Balaban J connectivity index is 1.66. The molecule has 1 aliphatic heterocycles. The highest BCUT2D eigenvalue weighted by atomic mass is 16.2. The summed E-state index contributed by atoms with van der Waals surface area (Å²) < 4.78 is 0. The Labute approximate surface area is 162 Å². The zero-order chi connectivity index (χ0) is 19.2. The van der Waals surface area contributed by atoms with Gasteiger partial charge in [0.25, 0.3) is 0 Å². The van der Waals surface area contributed by atoms with Crippen LogP contribution in [0.4, 0.5) is 0 Å². The first-order chi connectivity index (χ1) is 13.0. The van der Waals surface area contributed by atoms with E-state index < -0.39 is 0 Å². The number of pyridine rings is 1. The summed E-state index contributed by atoms with van der Waals surface area (Å²) >= 11 is 0. The minimum Gasteiger partial charge on any atom is -0.340 e. The summed E-state index contributed by atoms with van der Waals surface area (Å²) in [6.07, 6.45) is 4.73. The van der Waals surface area contributed by atoms with Gasteiger partial charge >= 0.3 is 0 Å². The molecule has 5 heteroatoms. The number of hydrogen-bond donors (Lipinski definition) is 0. The maximum atomic E-state index is 13.3. The molecule has 1 aromatic carbocycles. The summed E-state index contributed by atoms with van der Waals surface area (Å²) in [4.78, 5) is 24.0. The van der Waals surface area contributed by atoms with E-state index in [2.05, 4.69) is 47.1 Å². The second kappa shape index (κ2) is 9.11. The molecule has 27 heavy (non-hydrogen) atoms. The molecule has 2 heterocycles. The first kappa shape index (κ1) is 19.5. The van der Waals surface area contributed by atoms with Crippen molar-refractivity contribution in [3.8, 4) is 0 Å². The third-order valence-corrected chi connectivity index (χ3v) is 5.17. The molecule has 1 amide bonds. The van der Waals surface area contributed by atoms with Crippen LogP contribution in [0.5, 0.6) is 0 Å². The molecule has 1 unspecified atom stereocenters. The fraction of sp³-hybridized carbons (Fsp3) is 0.455. The van der Waals surface area contributed by atoms with Gasteiger partial charge in [-0.3, -0.25) is 19.6 Å². The van der Waals surface area contributed by atoms with E-state index in [0.717, 1.165) is 44.7 Å². The Bertz CT molecular complexity index is 730. The lowest BCUT2D eigenvalue weighted by molar-refractivity contribution is -0.136. The average molecular weight is 367 g/mol. The van der Waals surface area contributed by atoms with E-state index >= 15 is 0 Å². The summed E-state index contributed by atoms with van der Waals surface area (Å²) in [7, 11) is 3.96. The molecular formula is C22H30N4O. The van der Waals surface area contributed by atoms with Gasteiger partial charge in [-0.25, -0.2) is 0 Å². The minimum atomic E-state index is -0.226. The molecule has 3 rings (SSSR count). The van der Waals surface area contributed by atoms with E-state index in [-0.39, 0.29) is 11.9 Å². The van der Waals surface area contributed by atoms with Crippen LogP contribution in [0.15, 0.2) is 48.8 Å². The van der Waals surface area contributed by atoms with Gasteiger partial charge in [-0.2, -0.15) is 0 Å². The van der Waals surface area contributed by atoms with Crippen LogP contribution in [0.1, 0.15) is 29.2 Å². The lowest BCUT2D eigenvalue weighted by atomic mass is 10.0. The van der Waals surface area contributed by atoms with E-state index in [0.29, 0.717) is 0 Å². The lowest BCUT2D eigenvalue weighted by Crippen LogP contribution is -2.42. The third-order valence-electron chi connectivity index (χ3n) is 5.17. The number of amides is 1. The van der Waals surface area contributed by atoms with Gasteiger partial charge in [0.1, 0.15) is 6.04 Å². The normalized spacial score (nSPS) is 17.0. The van der Waals surface area contributed by atoms with Gasteiger partial charge in [-0.15, -0.1) is 0 Å². The molecule has 0 N–H and O–H groups in total. The third kappa shape index (κ3) is 5.15. The number of aromatic nitrogens is 1. The van der Waals surface area contributed by atoms with Crippen molar-refractivity contribution < 1.29 is 4.79 Å². The predicted molar refractivity (Wildman–Crippen MR) is 108 cm³/mol. The molecular weight excluding hydrogens is 336 g/mol. The van der Waals surface area contributed by atoms with Crippen molar-refractivity contribution in [2.45, 2.75) is 25.9 Å². The van der Waals surface area contributed by atoms with Crippen molar-refractivity contribution in [3.05, 3.63) is 65.5 Å².